The van der Waals surface area contributed by atoms with Crippen molar-refractivity contribution >= 4 is 0 Å². The fourth-order valence-corrected chi connectivity index (χ4v) is 1.42. The van der Waals surface area contributed by atoms with Crippen LogP contribution in [0.4, 0.5) is 0 Å². The third-order valence-corrected chi connectivity index (χ3v) is 2.46. The zero-order valence-corrected chi connectivity index (χ0v) is 9.67. The van der Waals surface area contributed by atoms with Crippen LogP contribution in [0.1, 0.15) is 20.8 Å². The molecule has 0 saturated heterocycles. The molecule has 0 aromatic heterocycles. The number of likely N-dealkylation sites (N-methyl/N-ethyl adjacent to an activating group) is 1. The van der Waals surface area contributed by atoms with E-state index in [-0.39, 0.29) is 0 Å². The minimum absolute atomic E-state index is 0.418. The van der Waals surface area contributed by atoms with Gasteiger partial charge in [-0.2, -0.15) is 0 Å². The van der Waals surface area contributed by atoms with Gasteiger partial charge in [-0.05, 0) is 26.9 Å². The molecule has 13 heavy (non-hydrogen) atoms. The second-order valence-electron chi connectivity index (χ2n) is 4.32. The van der Waals surface area contributed by atoms with Crippen molar-refractivity contribution in [3.05, 3.63) is 0 Å². The molecule has 0 bridgehead atoms. The predicted octanol–water partition coefficient (Wildman–Crippen LogP) is 0.509. The van der Waals surface area contributed by atoms with Gasteiger partial charge < -0.3 is 16.0 Å². The van der Waals surface area contributed by atoms with Gasteiger partial charge >= 0.3 is 0 Å². The Morgan fingerprint density at radius 3 is 2.08 bits per heavy atom. The van der Waals surface area contributed by atoms with Crippen molar-refractivity contribution in [1.29, 1.82) is 0 Å². The molecule has 0 fully saturated rings. The third-order valence-electron chi connectivity index (χ3n) is 2.46. The number of nitrogens with zero attached hydrogens (tertiary/aromatic N) is 1. The monoisotopic (exact) mass is 187 g/mol. The van der Waals surface area contributed by atoms with E-state index in [1.54, 1.807) is 0 Å². The molecule has 0 spiro atoms. The van der Waals surface area contributed by atoms with Crippen molar-refractivity contribution in [2.24, 2.45) is 11.7 Å². The average molecular weight is 187 g/mol. The van der Waals surface area contributed by atoms with Crippen LogP contribution < -0.4 is 11.1 Å². The molecule has 0 radical (unpaired) electrons. The zero-order chi connectivity index (χ0) is 10.4. The van der Waals surface area contributed by atoms with Crippen LogP contribution in [0.25, 0.3) is 0 Å². The van der Waals surface area contributed by atoms with Crippen LogP contribution in [0.5, 0.6) is 0 Å². The standard InChI is InChI=1S/C10H25N3/c1-8(2)10(13(4)5)7-12-9(3)6-11/h8-10,12H,6-7,11H2,1-5H3. The van der Waals surface area contributed by atoms with Gasteiger partial charge in [0.05, 0.1) is 0 Å². The fraction of sp³-hybridized carbons (Fsp3) is 1.00. The topological polar surface area (TPSA) is 41.3 Å². The molecule has 0 aliphatic heterocycles. The van der Waals surface area contributed by atoms with E-state index in [0.717, 1.165) is 6.54 Å². The minimum Gasteiger partial charge on any atom is -0.329 e. The molecule has 0 saturated carbocycles. The highest BCUT2D eigenvalue weighted by Gasteiger charge is 2.15. The molecular weight excluding hydrogens is 162 g/mol. The highest BCUT2D eigenvalue weighted by atomic mass is 15.1. The highest BCUT2D eigenvalue weighted by molar-refractivity contribution is 4.74. The summed E-state index contributed by atoms with van der Waals surface area (Å²) in [6, 6.07) is 1.01. The van der Waals surface area contributed by atoms with Gasteiger partial charge in [0.1, 0.15) is 0 Å². The lowest BCUT2D eigenvalue weighted by atomic mass is 10.0. The van der Waals surface area contributed by atoms with Gasteiger partial charge in [0, 0.05) is 25.2 Å². The highest BCUT2D eigenvalue weighted by Crippen LogP contribution is 2.05. The molecule has 0 aromatic carbocycles. The van der Waals surface area contributed by atoms with Crippen molar-refractivity contribution < 1.29 is 0 Å². The number of nitrogens with two attached hydrogens (primary N) is 1. The maximum atomic E-state index is 5.53. The van der Waals surface area contributed by atoms with Gasteiger partial charge in [-0.1, -0.05) is 13.8 Å². The quantitative estimate of drug-likeness (QED) is 0.636. The van der Waals surface area contributed by atoms with Crippen LogP contribution in [0.15, 0.2) is 0 Å². The maximum Gasteiger partial charge on any atom is 0.0237 e. The summed E-state index contributed by atoms with van der Waals surface area (Å²) in [5, 5.41) is 3.43. The van der Waals surface area contributed by atoms with Crippen molar-refractivity contribution in [2.45, 2.75) is 32.9 Å². The van der Waals surface area contributed by atoms with E-state index in [1.165, 1.54) is 0 Å². The van der Waals surface area contributed by atoms with Gasteiger partial charge in [-0.25, -0.2) is 0 Å². The summed E-state index contributed by atoms with van der Waals surface area (Å²) >= 11 is 0. The summed E-state index contributed by atoms with van der Waals surface area (Å²) in [4.78, 5) is 2.26. The Morgan fingerprint density at radius 2 is 1.77 bits per heavy atom. The van der Waals surface area contributed by atoms with Crippen molar-refractivity contribution in [3.63, 3.8) is 0 Å². The SMILES string of the molecule is CC(CN)NCC(C(C)C)N(C)C. The van der Waals surface area contributed by atoms with E-state index >= 15 is 0 Å². The predicted molar refractivity (Wildman–Crippen MR) is 58.8 cm³/mol. The molecule has 2 unspecified atom stereocenters. The van der Waals surface area contributed by atoms with E-state index in [2.05, 4.69) is 45.1 Å². The van der Waals surface area contributed by atoms with Gasteiger partial charge in [-0.3, -0.25) is 0 Å². The maximum absolute atomic E-state index is 5.53. The Morgan fingerprint density at radius 1 is 1.23 bits per heavy atom. The Labute approximate surface area is 82.7 Å². The summed E-state index contributed by atoms with van der Waals surface area (Å²) in [5.41, 5.74) is 5.53. The first-order valence-electron chi connectivity index (χ1n) is 5.08. The third kappa shape index (κ3) is 5.24. The van der Waals surface area contributed by atoms with Crippen LogP contribution in [0, 0.1) is 5.92 Å². The molecule has 80 valence electrons. The van der Waals surface area contributed by atoms with E-state index in [1.807, 2.05) is 0 Å². The van der Waals surface area contributed by atoms with E-state index in [0.29, 0.717) is 24.5 Å². The van der Waals surface area contributed by atoms with E-state index < -0.39 is 0 Å². The summed E-state index contributed by atoms with van der Waals surface area (Å²) in [6.07, 6.45) is 0. The Hall–Kier alpha value is -0.120. The molecule has 3 heteroatoms. The lowest BCUT2D eigenvalue weighted by molar-refractivity contribution is 0.220. The van der Waals surface area contributed by atoms with Gasteiger partial charge in [0.15, 0.2) is 0 Å². The lowest BCUT2D eigenvalue weighted by Gasteiger charge is -2.29. The average Bonchev–Trinajstić information content (AvgIpc) is 2.03. The van der Waals surface area contributed by atoms with Crippen LogP contribution in [-0.4, -0.2) is 44.2 Å². The Balaban J connectivity index is 3.83. The lowest BCUT2D eigenvalue weighted by Crippen LogP contribution is -2.45. The summed E-state index contributed by atoms with van der Waals surface area (Å²) in [7, 11) is 4.25. The molecule has 0 rings (SSSR count). The fourth-order valence-electron chi connectivity index (χ4n) is 1.42. The zero-order valence-electron chi connectivity index (χ0n) is 9.67. The molecule has 0 amide bonds. The first kappa shape index (κ1) is 12.9. The summed E-state index contributed by atoms with van der Waals surface area (Å²) in [5.74, 6) is 0.674. The largest absolute Gasteiger partial charge is 0.329 e. The Bertz CT molecular complexity index is 115. The van der Waals surface area contributed by atoms with E-state index in [9.17, 15) is 0 Å². The van der Waals surface area contributed by atoms with Crippen LogP contribution >= 0.6 is 0 Å². The molecule has 3 N–H and O–H groups in total. The normalized spacial score (nSPS) is 16.6. The molecule has 0 aliphatic rings. The molecule has 2 atom stereocenters. The number of rotatable bonds is 6. The van der Waals surface area contributed by atoms with E-state index in [4.69, 9.17) is 5.73 Å². The van der Waals surface area contributed by atoms with Crippen LogP contribution in [-0.2, 0) is 0 Å². The van der Waals surface area contributed by atoms with Gasteiger partial charge in [0.2, 0.25) is 0 Å². The van der Waals surface area contributed by atoms with Crippen LogP contribution in [0.3, 0.4) is 0 Å². The summed E-state index contributed by atoms with van der Waals surface area (Å²) in [6.45, 7) is 8.34. The second-order valence-corrected chi connectivity index (χ2v) is 4.32. The van der Waals surface area contributed by atoms with Crippen molar-refractivity contribution in [3.8, 4) is 0 Å². The van der Waals surface area contributed by atoms with Gasteiger partial charge in [0.25, 0.3) is 0 Å². The van der Waals surface area contributed by atoms with Crippen LogP contribution in [0.2, 0.25) is 0 Å². The first-order valence-corrected chi connectivity index (χ1v) is 5.08. The Kier molecular flexibility index (Phi) is 6.29. The summed E-state index contributed by atoms with van der Waals surface area (Å²) < 4.78 is 0. The molecule has 0 aromatic rings. The molecular formula is C10H25N3. The second kappa shape index (κ2) is 6.35. The van der Waals surface area contributed by atoms with Crippen molar-refractivity contribution in [1.82, 2.24) is 10.2 Å². The van der Waals surface area contributed by atoms with Crippen molar-refractivity contribution in [2.75, 3.05) is 27.2 Å². The number of nitrogens with one attached hydrogen (secondary N) is 1. The van der Waals surface area contributed by atoms with Gasteiger partial charge in [-0.15, -0.1) is 0 Å². The smallest absolute Gasteiger partial charge is 0.0237 e. The molecule has 0 heterocycles. The minimum atomic E-state index is 0.418. The number of hydrogen-bond acceptors (Lipinski definition) is 3. The molecule has 3 nitrogen and oxygen atoms in total. The molecule has 0 aliphatic carbocycles. The first-order chi connectivity index (χ1) is 5.99. The number of hydrogen-bond donors (Lipinski definition) is 2.